The Kier molecular flexibility index (Phi) is 7.05. The second-order valence-electron chi connectivity index (χ2n) is 9.30. The first kappa shape index (κ1) is 26.0. The van der Waals surface area contributed by atoms with Crippen LogP contribution in [-0.4, -0.2) is 49.7 Å². The molecule has 1 aliphatic heterocycles. The fourth-order valence-electron chi connectivity index (χ4n) is 4.22. The maximum Gasteiger partial charge on any atom is 0.433 e. The van der Waals surface area contributed by atoms with Gasteiger partial charge in [-0.15, -0.1) is 0 Å². The Bertz CT molecular complexity index is 1480. The lowest BCUT2D eigenvalue weighted by Crippen LogP contribution is -2.38. The van der Waals surface area contributed by atoms with Crippen molar-refractivity contribution in [3.63, 3.8) is 0 Å². The molecule has 0 spiro atoms. The quantitative estimate of drug-likeness (QED) is 0.348. The van der Waals surface area contributed by atoms with Crippen LogP contribution in [0.3, 0.4) is 0 Å². The van der Waals surface area contributed by atoms with Gasteiger partial charge in [-0.2, -0.15) is 18.3 Å². The lowest BCUT2D eigenvalue weighted by atomic mass is 10.1. The number of carbonyl (C=O) groups excluding carboxylic acids is 1. The van der Waals surface area contributed by atoms with E-state index in [-0.39, 0.29) is 23.1 Å². The highest BCUT2D eigenvalue weighted by molar-refractivity contribution is 6.04. The van der Waals surface area contributed by atoms with Crippen molar-refractivity contribution in [3.8, 4) is 16.9 Å². The highest BCUT2D eigenvalue weighted by atomic mass is 19.4. The molecule has 4 aromatic rings. The summed E-state index contributed by atoms with van der Waals surface area (Å²) in [5.74, 6) is -0.177. The summed E-state index contributed by atoms with van der Waals surface area (Å²) in [4.78, 5) is 25.3. The topological polar surface area (TPSA) is 79.2 Å². The third-order valence-electron chi connectivity index (χ3n) is 6.33. The van der Waals surface area contributed by atoms with Crippen LogP contribution in [0.2, 0.25) is 0 Å². The van der Waals surface area contributed by atoms with Crippen LogP contribution in [0.1, 0.15) is 29.9 Å². The van der Waals surface area contributed by atoms with E-state index in [1.54, 1.807) is 30.3 Å². The first-order valence-corrected chi connectivity index (χ1v) is 12.4. The molecule has 0 unspecified atom stereocenters. The van der Waals surface area contributed by atoms with Gasteiger partial charge in [-0.05, 0) is 62.4 Å². The van der Waals surface area contributed by atoms with Crippen molar-refractivity contribution < 1.29 is 18.0 Å². The smallest absolute Gasteiger partial charge is 0.372 e. The van der Waals surface area contributed by atoms with Crippen molar-refractivity contribution in [1.82, 2.24) is 24.6 Å². The molecule has 0 bridgehead atoms. The molecular formula is C28H26F3N7O. The highest BCUT2D eigenvalue weighted by Gasteiger charge is 2.36. The summed E-state index contributed by atoms with van der Waals surface area (Å²) in [5, 5.41) is 6.85. The third-order valence-corrected chi connectivity index (χ3v) is 6.33. The molecule has 0 saturated carbocycles. The molecule has 0 radical (unpaired) electrons. The number of hydrogen-bond donors (Lipinski definition) is 1. The Balaban J connectivity index is 1.33. The summed E-state index contributed by atoms with van der Waals surface area (Å²) in [7, 11) is 0. The summed E-state index contributed by atoms with van der Waals surface area (Å²) in [6.45, 7) is 5.93. The minimum atomic E-state index is -4.64. The molecule has 5 rings (SSSR count). The number of benzene rings is 1. The average molecular weight is 534 g/mol. The van der Waals surface area contributed by atoms with E-state index in [4.69, 9.17) is 0 Å². The molecule has 1 aromatic carbocycles. The predicted octanol–water partition coefficient (Wildman–Crippen LogP) is 5.60. The number of amides is 1. The molecular weight excluding hydrogens is 507 g/mol. The van der Waals surface area contributed by atoms with E-state index in [0.29, 0.717) is 17.2 Å². The lowest BCUT2D eigenvalue weighted by molar-refractivity contribution is -0.142. The SMILES string of the molecule is CC(C)N1C=CN(c2cccc(C(=O)Nc3ccc(-n4nc(-c5cccnc5)cc4C(F)(F)F)cn3)c2)CC1. The van der Waals surface area contributed by atoms with Gasteiger partial charge >= 0.3 is 6.18 Å². The maximum absolute atomic E-state index is 13.8. The molecule has 1 aliphatic rings. The molecule has 8 nitrogen and oxygen atoms in total. The van der Waals surface area contributed by atoms with Crippen LogP contribution < -0.4 is 10.2 Å². The van der Waals surface area contributed by atoms with Crippen LogP contribution >= 0.6 is 0 Å². The summed E-state index contributed by atoms with van der Waals surface area (Å²) < 4.78 is 42.1. The Morgan fingerprint density at radius 3 is 2.46 bits per heavy atom. The zero-order chi connectivity index (χ0) is 27.6. The van der Waals surface area contributed by atoms with Gasteiger partial charge in [0.15, 0.2) is 0 Å². The number of nitrogens with one attached hydrogen (secondary N) is 1. The maximum atomic E-state index is 13.8. The number of alkyl halides is 3. The van der Waals surface area contributed by atoms with Crippen molar-refractivity contribution in [2.24, 2.45) is 0 Å². The first-order chi connectivity index (χ1) is 18.7. The fraction of sp³-hybridized carbons (Fsp3) is 0.214. The standard InChI is InChI=1S/C28H26F3N7O/c1-19(2)36-11-13-37(14-12-36)22-7-3-5-20(15-22)27(39)34-26-9-8-23(18-33-26)38-25(28(29,30)31)16-24(35-38)21-6-4-10-32-17-21/h3-11,13,15-19H,12,14H2,1-2H3,(H,33,34,39). The number of rotatable bonds is 6. The number of anilines is 2. The number of aromatic nitrogens is 4. The zero-order valence-electron chi connectivity index (χ0n) is 21.3. The summed E-state index contributed by atoms with van der Waals surface area (Å²) >= 11 is 0. The Hall–Kier alpha value is -4.67. The molecule has 0 aliphatic carbocycles. The second kappa shape index (κ2) is 10.6. The van der Waals surface area contributed by atoms with Gasteiger partial charge in [0, 0.05) is 60.7 Å². The Labute approximate surface area is 223 Å². The van der Waals surface area contributed by atoms with Crippen molar-refractivity contribution in [3.05, 3.63) is 96.8 Å². The van der Waals surface area contributed by atoms with Crippen molar-refractivity contribution in [1.29, 1.82) is 0 Å². The van der Waals surface area contributed by atoms with Gasteiger partial charge < -0.3 is 15.1 Å². The van der Waals surface area contributed by atoms with E-state index in [1.165, 1.54) is 30.7 Å². The van der Waals surface area contributed by atoms with Crippen molar-refractivity contribution in [2.75, 3.05) is 23.3 Å². The highest BCUT2D eigenvalue weighted by Crippen LogP contribution is 2.34. The number of pyridine rings is 2. The molecule has 0 saturated heterocycles. The lowest BCUT2D eigenvalue weighted by Gasteiger charge is -2.33. The monoisotopic (exact) mass is 533 g/mol. The predicted molar refractivity (Wildman–Crippen MR) is 142 cm³/mol. The molecule has 0 fully saturated rings. The molecule has 0 atom stereocenters. The van der Waals surface area contributed by atoms with Gasteiger partial charge in [-0.3, -0.25) is 9.78 Å². The van der Waals surface area contributed by atoms with Crippen LogP contribution in [0.5, 0.6) is 0 Å². The van der Waals surface area contributed by atoms with Gasteiger partial charge in [0.05, 0.1) is 17.6 Å². The van der Waals surface area contributed by atoms with Gasteiger partial charge in [0.1, 0.15) is 11.5 Å². The number of halogens is 3. The number of hydrogen-bond acceptors (Lipinski definition) is 6. The number of nitrogens with zero attached hydrogens (tertiary/aromatic N) is 6. The van der Waals surface area contributed by atoms with E-state index in [2.05, 4.69) is 44.0 Å². The van der Waals surface area contributed by atoms with Crippen LogP contribution in [0.15, 0.2) is 85.6 Å². The average Bonchev–Trinajstić information content (AvgIpc) is 3.41. The minimum Gasteiger partial charge on any atom is -0.372 e. The molecule has 200 valence electrons. The van der Waals surface area contributed by atoms with E-state index >= 15 is 0 Å². The third kappa shape index (κ3) is 5.77. The van der Waals surface area contributed by atoms with E-state index in [1.807, 2.05) is 18.5 Å². The van der Waals surface area contributed by atoms with Gasteiger partial charge in [-0.1, -0.05) is 6.07 Å². The largest absolute Gasteiger partial charge is 0.433 e. The summed E-state index contributed by atoms with van der Waals surface area (Å²) in [6.07, 6.45) is 3.60. The normalized spacial score (nSPS) is 13.7. The molecule has 11 heteroatoms. The minimum absolute atomic E-state index is 0.102. The molecule has 4 heterocycles. The first-order valence-electron chi connectivity index (χ1n) is 12.4. The van der Waals surface area contributed by atoms with E-state index in [0.717, 1.165) is 29.5 Å². The Morgan fingerprint density at radius 2 is 1.82 bits per heavy atom. The van der Waals surface area contributed by atoms with Crippen LogP contribution in [0, 0.1) is 0 Å². The summed E-state index contributed by atoms with van der Waals surface area (Å²) in [5.41, 5.74) is 1.06. The molecule has 39 heavy (non-hydrogen) atoms. The van der Waals surface area contributed by atoms with E-state index in [9.17, 15) is 18.0 Å². The number of carbonyl (C=O) groups is 1. The van der Waals surface area contributed by atoms with E-state index < -0.39 is 11.9 Å². The summed E-state index contributed by atoms with van der Waals surface area (Å²) in [6, 6.07) is 14.7. The van der Waals surface area contributed by atoms with Crippen LogP contribution in [0.25, 0.3) is 16.9 Å². The fourth-order valence-corrected chi connectivity index (χ4v) is 4.22. The molecule has 3 aromatic heterocycles. The second-order valence-corrected chi connectivity index (χ2v) is 9.30. The van der Waals surface area contributed by atoms with Crippen LogP contribution in [-0.2, 0) is 6.18 Å². The molecule has 1 N–H and O–H groups in total. The van der Waals surface area contributed by atoms with Crippen molar-refractivity contribution in [2.45, 2.75) is 26.1 Å². The van der Waals surface area contributed by atoms with Gasteiger partial charge in [0.2, 0.25) is 0 Å². The molecule has 1 amide bonds. The Morgan fingerprint density at radius 1 is 0.974 bits per heavy atom. The van der Waals surface area contributed by atoms with Gasteiger partial charge in [-0.25, -0.2) is 9.67 Å². The van der Waals surface area contributed by atoms with Crippen LogP contribution in [0.4, 0.5) is 24.7 Å². The van der Waals surface area contributed by atoms with Crippen molar-refractivity contribution >= 4 is 17.4 Å². The zero-order valence-corrected chi connectivity index (χ0v) is 21.3. The van der Waals surface area contributed by atoms with Gasteiger partial charge in [0.25, 0.3) is 5.91 Å².